The van der Waals surface area contributed by atoms with Crippen molar-refractivity contribution in [2.75, 3.05) is 13.1 Å². The number of hydrogen-bond donors (Lipinski definition) is 1. The minimum atomic E-state index is -0.0854. The molecule has 1 fully saturated rings. The molecule has 1 N–H and O–H groups in total. The molecule has 2 heterocycles. The van der Waals surface area contributed by atoms with Crippen molar-refractivity contribution in [1.82, 2.24) is 25.0 Å². The lowest BCUT2D eigenvalue weighted by Crippen LogP contribution is -2.35. The van der Waals surface area contributed by atoms with Crippen LogP contribution in [0.15, 0.2) is 6.33 Å². The number of hydrogen-bond acceptors (Lipinski definition) is 4. The molecule has 0 atom stereocenters. The number of carbonyl (C=O) groups excluding carboxylic acids is 2. The van der Waals surface area contributed by atoms with Crippen LogP contribution in [0.5, 0.6) is 0 Å². The van der Waals surface area contributed by atoms with Crippen LogP contribution < -0.4 is 5.32 Å². The van der Waals surface area contributed by atoms with Crippen LogP contribution in [0.25, 0.3) is 0 Å². The molecule has 1 aliphatic heterocycles. The molecule has 0 spiro atoms. The van der Waals surface area contributed by atoms with E-state index in [1.807, 2.05) is 6.92 Å². The maximum Gasteiger partial charge on any atom is 0.242 e. The molecule has 1 saturated heterocycles. The van der Waals surface area contributed by atoms with Crippen LogP contribution in [0.3, 0.4) is 0 Å². The first-order valence-corrected chi connectivity index (χ1v) is 5.62. The largest absolute Gasteiger partial charge is 0.347 e. The van der Waals surface area contributed by atoms with E-state index in [1.165, 1.54) is 6.33 Å². The summed E-state index contributed by atoms with van der Waals surface area (Å²) in [5.74, 6) is 0.578. The molecule has 17 heavy (non-hydrogen) atoms. The average Bonchev–Trinajstić information content (AvgIpc) is 2.71. The van der Waals surface area contributed by atoms with Crippen molar-refractivity contribution in [1.29, 1.82) is 0 Å². The lowest BCUT2D eigenvalue weighted by molar-refractivity contribution is -0.130. The van der Waals surface area contributed by atoms with Gasteiger partial charge < -0.3 is 10.2 Å². The molecule has 7 heteroatoms. The van der Waals surface area contributed by atoms with E-state index in [0.717, 1.165) is 5.82 Å². The van der Waals surface area contributed by atoms with Crippen molar-refractivity contribution in [3.05, 3.63) is 12.2 Å². The second-order valence-corrected chi connectivity index (χ2v) is 3.83. The summed E-state index contributed by atoms with van der Waals surface area (Å²) in [4.78, 5) is 28.7. The molecule has 2 rings (SSSR count). The van der Waals surface area contributed by atoms with E-state index >= 15 is 0 Å². The van der Waals surface area contributed by atoms with Gasteiger partial charge in [0.1, 0.15) is 12.2 Å². The predicted octanol–water partition coefficient (Wildman–Crippen LogP) is -0.853. The Labute approximate surface area is 98.8 Å². The quantitative estimate of drug-likeness (QED) is 0.742. The molecule has 0 radical (unpaired) electrons. The molecule has 92 valence electrons. The summed E-state index contributed by atoms with van der Waals surface area (Å²) in [5.41, 5.74) is 0. The SMILES string of the molecule is CCn1ncnc1CN1CCC(=O)NCC1=O. The lowest BCUT2D eigenvalue weighted by Gasteiger charge is -2.19. The van der Waals surface area contributed by atoms with Crippen LogP contribution in [0.4, 0.5) is 0 Å². The second-order valence-electron chi connectivity index (χ2n) is 3.83. The van der Waals surface area contributed by atoms with Crippen molar-refractivity contribution in [3.63, 3.8) is 0 Å². The molecule has 0 unspecified atom stereocenters. The first-order valence-electron chi connectivity index (χ1n) is 5.62. The summed E-state index contributed by atoms with van der Waals surface area (Å²) in [6.07, 6.45) is 1.82. The van der Waals surface area contributed by atoms with Gasteiger partial charge in [0, 0.05) is 19.5 Å². The molecule has 1 aromatic heterocycles. The highest BCUT2D eigenvalue weighted by Gasteiger charge is 2.21. The van der Waals surface area contributed by atoms with E-state index in [2.05, 4.69) is 15.4 Å². The minimum Gasteiger partial charge on any atom is -0.347 e. The Morgan fingerprint density at radius 1 is 1.47 bits per heavy atom. The molecule has 0 aromatic carbocycles. The van der Waals surface area contributed by atoms with Crippen LogP contribution in [0, 0.1) is 0 Å². The third-order valence-corrected chi connectivity index (χ3v) is 2.73. The molecule has 0 aliphatic carbocycles. The second kappa shape index (κ2) is 4.94. The summed E-state index contributed by atoms with van der Waals surface area (Å²) in [5, 5.41) is 6.61. The molecule has 1 aromatic rings. The van der Waals surface area contributed by atoms with E-state index in [9.17, 15) is 9.59 Å². The van der Waals surface area contributed by atoms with Crippen LogP contribution >= 0.6 is 0 Å². The van der Waals surface area contributed by atoms with Crippen molar-refractivity contribution in [2.24, 2.45) is 0 Å². The number of aromatic nitrogens is 3. The van der Waals surface area contributed by atoms with Gasteiger partial charge in [-0.25, -0.2) is 9.67 Å². The Hall–Kier alpha value is -1.92. The Kier molecular flexibility index (Phi) is 3.36. The lowest BCUT2D eigenvalue weighted by atomic mass is 10.3. The Bertz CT molecular complexity index is 428. The van der Waals surface area contributed by atoms with Crippen LogP contribution in [0.2, 0.25) is 0 Å². The smallest absolute Gasteiger partial charge is 0.242 e. The number of aryl methyl sites for hydroxylation is 1. The van der Waals surface area contributed by atoms with Gasteiger partial charge in [0.15, 0.2) is 0 Å². The third kappa shape index (κ3) is 2.61. The molecule has 0 bridgehead atoms. The summed E-state index contributed by atoms with van der Waals surface area (Å²) in [6, 6.07) is 0. The monoisotopic (exact) mass is 237 g/mol. The summed E-state index contributed by atoms with van der Waals surface area (Å²) in [7, 11) is 0. The van der Waals surface area contributed by atoms with Gasteiger partial charge in [0.2, 0.25) is 11.8 Å². The van der Waals surface area contributed by atoms with Crippen molar-refractivity contribution < 1.29 is 9.59 Å². The van der Waals surface area contributed by atoms with Crippen LogP contribution in [0.1, 0.15) is 19.2 Å². The summed E-state index contributed by atoms with van der Waals surface area (Å²) >= 11 is 0. The topological polar surface area (TPSA) is 80.1 Å². The van der Waals surface area contributed by atoms with E-state index in [0.29, 0.717) is 26.1 Å². The standard InChI is InChI=1S/C10H15N5O2/c1-2-15-8(12-7-13-15)6-14-4-3-9(16)11-5-10(14)17/h7H,2-6H2,1H3,(H,11,16). The van der Waals surface area contributed by atoms with Crippen molar-refractivity contribution in [2.45, 2.75) is 26.4 Å². The van der Waals surface area contributed by atoms with Crippen molar-refractivity contribution in [3.8, 4) is 0 Å². The number of nitrogens with one attached hydrogen (secondary N) is 1. The minimum absolute atomic E-state index is 0.0685. The highest BCUT2D eigenvalue weighted by atomic mass is 16.2. The fraction of sp³-hybridized carbons (Fsp3) is 0.600. The maximum absolute atomic E-state index is 11.7. The van der Waals surface area contributed by atoms with Gasteiger partial charge in [-0.15, -0.1) is 0 Å². The van der Waals surface area contributed by atoms with Gasteiger partial charge in [-0.1, -0.05) is 0 Å². The third-order valence-electron chi connectivity index (χ3n) is 2.73. The molecule has 0 saturated carbocycles. The Morgan fingerprint density at radius 2 is 2.29 bits per heavy atom. The van der Waals surface area contributed by atoms with Gasteiger partial charge in [0.25, 0.3) is 0 Å². The number of rotatable bonds is 3. The van der Waals surface area contributed by atoms with Gasteiger partial charge in [0.05, 0.1) is 13.1 Å². The number of carbonyl (C=O) groups is 2. The van der Waals surface area contributed by atoms with Gasteiger partial charge >= 0.3 is 0 Å². The highest BCUT2D eigenvalue weighted by Crippen LogP contribution is 2.05. The maximum atomic E-state index is 11.7. The first kappa shape index (κ1) is 11.6. The number of nitrogens with zero attached hydrogens (tertiary/aromatic N) is 4. The van der Waals surface area contributed by atoms with Gasteiger partial charge in [-0.2, -0.15) is 5.10 Å². The molecule has 7 nitrogen and oxygen atoms in total. The summed E-state index contributed by atoms with van der Waals surface area (Å²) < 4.78 is 1.74. The molecular weight excluding hydrogens is 222 g/mol. The van der Waals surface area contributed by atoms with E-state index < -0.39 is 0 Å². The van der Waals surface area contributed by atoms with Gasteiger partial charge in [-0.05, 0) is 6.92 Å². The zero-order chi connectivity index (χ0) is 12.3. The zero-order valence-electron chi connectivity index (χ0n) is 9.72. The molecule has 2 amide bonds. The van der Waals surface area contributed by atoms with Gasteiger partial charge in [-0.3, -0.25) is 9.59 Å². The fourth-order valence-electron chi connectivity index (χ4n) is 1.75. The zero-order valence-corrected chi connectivity index (χ0v) is 9.72. The Morgan fingerprint density at radius 3 is 3.06 bits per heavy atom. The molecular formula is C10H15N5O2. The first-order chi connectivity index (χ1) is 8.20. The van der Waals surface area contributed by atoms with Crippen LogP contribution in [-0.2, 0) is 22.7 Å². The fourth-order valence-corrected chi connectivity index (χ4v) is 1.75. The van der Waals surface area contributed by atoms with Crippen LogP contribution in [-0.4, -0.2) is 44.6 Å². The molecule has 1 aliphatic rings. The Balaban J connectivity index is 2.07. The number of amides is 2. The van der Waals surface area contributed by atoms with E-state index in [4.69, 9.17) is 0 Å². The van der Waals surface area contributed by atoms with E-state index in [-0.39, 0.29) is 18.4 Å². The highest BCUT2D eigenvalue weighted by molar-refractivity contribution is 5.87. The van der Waals surface area contributed by atoms with E-state index in [1.54, 1.807) is 9.58 Å². The predicted molar refractivity (Wildman–Crippen MR) is 58.7 cm³/mol. The van der Waals surface area contributed by atoms with Crippen molar-refractivity contribution >= 4 is 11.8 Å². The average molecular weight is 237 g/mol. The summed E-state index contributed by atoms with van der Waals surface area (Å²) in [6.45, 7) is 3.59. The normalized spacial score (nSPS) is 16.9.